The molecule has 0 saturated carbocycles. The highest BCUT2D eigenvalue weighted by molar-refractivity contribution is 7.13. The molecule has 4 rings (SSSR count). The zero-order valence-corrected chi connectivity index (χ0v) is 16.1. The topological polar surface area (TPSA) is 61.4 Å². The maximum atomic E-state index is 4.86. The lowest BCUT2D eigenvalue weighted by atomic mass is 10.1. The largest absolute Gasteiger partial charge is 0.326 e. The van der Waals surface area contributed by atoms with Crippen LogP contribution in [0.1, 0.15) is 44.6 Å². The lowest BCUT2D eigenvalue weighted by Gasteiger charge is -2.10. The Kier molecular flexibility index (Phi) is 4.55. The molecule has 26 heavy (non-hydrogen) atoms. The molecule has 0 aromatic carbocycles. The van der Waals surface area contributed by atoms with Gasteiger partial charge in [-0.25, -0.2) is 15.0 Å². The van der Waals surface area contributed by atoms with Crippen molar-refractivity contribution in [1.82, 2.24) is 29.1 Å². The first kappa shape index (κ1) is 16.9. The highest BCUT2D eigenvalue weighted by atomic mass is 32.1. The van der Waals surface area contributed by atoms with Gasteiger partial charge in [0.15, 0.2) is 10.8 Å². The van der Waals surface area contributed by atoms with Gasteiger partial charge in [0.2, 0.25) is 0 Å². The van der Waals surface area contributed by atoms with Gasteiger partial charge in [-0.2, -0.15) is 0 Å². The van der Waals surface area contributed by atoms with E-state index in [0.29, 0.717) is 12.5 Å². The van der Waals surface area contributed by atoms with Crippen molar-refractivity contribution in [2.24, 2.45) is 0 Å². The number of hydrogen-bond donors (Lipinski definition) is 0. The highest BCUT2D eigenvalue weighted by Gasteiger charge is 2.15. The first-order chi connectivity index (χ1) is 12.7. The number of aromatic nitrogens is 6. The van der Waals surface area contributed by atoms with E-state index in [0.717, 1.165) is 46.3 Å². The van der Waals surface area contributed by atoms with Gasteiger partial charge in [0, 0.05) is 36.2 Å². The minimum Gasteiger partial charge on any atom is -0.326 e. The quantitative estimate of drug-likeness (QED) is 0.509. The van der Waals surface area contributed by atoms with E-state index in [1.54, 1.807) is 11.3 Å². The van der Waals surface area contributed by atoms with Crippen molar-refractivity contribution in [3.8, 4) is 10.8 Å². The molecule has 0 aliphatic carbocycles. The van der Waals surface area contributed by atoms with Gasteiger partial charge in [-0.1, -0.05) is 20.8 Å². The fourth-order valence-corrected chi connectivity index (χ4v) is 3.77. The average molecular weight is 366 g/mol. The van der Waals surface area contributed by atoms with Crippen LogP contribution in [0.5, 0.6) is 0 Å². The summed E-state index contributed by atoms with van der Waals surface area (Å²) in [6.07, 6.45) is 8.58. The van der Waals surface area contributed by atoms with Crippen molar-refractivity contribution in [3.63, 3.8) is 0 Å². The molecule has 0 saturated heterocycles. The minimum absolute atomic E-state index is 0.401. The van der Waals surface area contributed by atoms with Gasteiger partial charge < -0.3 is 9.13 Å². The Balaban J connectivity index is 1.77. The summed E-state index contributed by atoms with van der Waals surface area (Å²) in [7, 11) is 0. The third-order valence-corrected chi connectivity index (χ3v) is 5.19. The molecule has 0 aliphatic heterocycles. The van der Waals surface area contributed by atoms with Gasteiger partial charge >= 0.3 is 0 Å². The van der Waals surface area contributed by atoms with E-state index < -0.39 is 0 Å². The molecule has 4 aromatic rings. The van der Waals surface area contributed by atoms with Crippen LogP contribution in [-0.4, -0.2) is 29.1 Å². The molecule has 0 radical (unpaired) electrons. The Morgan fingerprint density at radius 2 is 2.04 bits per heavy atom. The number of aryl methyl sites for hydroxylation is 1. The maximum Gasteiger partial charge on any atom is 0.169 e. The number of rotatable bonds is 6. The second-order valence-electron chi connectivity index (χ2n) is 6.65. The summed E-state index contributed by atoms with van der Waals surface area (Å²) in [6, 6.07) is 2.18. The van der Waals surface area contributed by atoms with Crippen molar-refractivity contribution >= 4 is 22.4 Å². The van der Waals surface area contributed by atoms with Crippen LogP contribution in [0.2, 0.25) is 0 Å². The van der Waals surface area contributed by atoms with Crippen molar-refractivity contribution in [3.05, 3.63) is 47.8 Å². The van der Waals surface area contributed by atoms with Crippen LogP contribution < -0.4 is 0 Å². The Morgan fingerprint density at radius 1 is 1.15 bits per heavy atom. The molecule has 7 heteroatoms. The minimum atomic E-state index is 0.401. The summed E-state index contributed by atoms with van der Waals surface area (Å²) in [4.78, 5) is 18.3. The predicted octanol–water partition coefficient (Wildman–Crippen LogP) is 4.33. The Bertz CT molecular complexity index is 1010. The number of hydrogen-bond acceptors (Lipinski definition) is 5. The van der Waals surface area contributed by atoms with E-state index in [4.69, 9.17) is 4.98 Å². The molecule has 0 atom stereocenters. The van der Waals surface area contributed by atoms with Gasteiger partial charge in [-0.15, -0.1) is 11.3 Å². The van der Waals surface area contributed by atoms with Gasteiger partial charge in [0.25, 0.3) is 0 Å². The maximum absolute atomic E-state index is 4.86. The number of thiazole rings is 1. The Morgan fingerprint density at radius 3 is 2.77 bits per heavy atom. The van der Waals surface area contributed by atoms with Crippen molar-refractivity contribution < 1.29 is 0 Å². The molecule has 6 nitrogen and oxygen atoms in total. The number of imidazole rings is 2. The third kappa shape index (κ3) is 3.03. The van der Waals surface area contributed by atoms with Crippen LogP contribution in [-0.2, 0) is 13.1 Å². The molecular weight excluding hydrogens is 344 g/mol. The Labute approximate surface area is 156 Å². The van der Waals surface area contributed by atoms with E-state index >= 15 is 0 Å². The van der Waals surface area contributed by atoms with Crippen LogP contribution in [0.3, 0.4) is 0 Å². The van der Waals surface area contributed by atoms with Gasteiger partial charge in [-0.05, 0) is 18.4 Å². The van der Waals surface area contributed by atoms with E-state index in [-0.39, 0.29) is 0 Å². The lowest BCUT2D eigenvalue weighted by Crippen LogP contribution is -2.09. The summed E-state index contributed by atoms with van der Waals surface area (Å²) < 4.78 is 4.43. The van der Waals surface area contributed by atoms with Crippen molar-refractivity contribution in [2.75, 3.05) is 0 Å². The second kappa shape index (κ2) is 6.99. The van der Waals surface area contributed by atoms with Crippen LogP contribution in [0.25, 0.3) is 21.9 Å². The summed E-state index contributed by atoms with van der Waals surface area (Å²) in [5.41, 5.74) is 3.22. The number of nitrogens with zero attached hydrogens (tertiary/aromatic N) is 6. The fraction of sp³-hybridized carbons (Fsp3) is 0.368. The van der Waals surface area contributed by atoms with Crippen molar-refractivity contribution in [1.29, 1.82) is 0 Å². The molecule has 4 aromatic heterocycles. The van der Waals surface area contributed by atoms with E-state index in [1.165, 1.54) is 0 Å². The highest BCUT2D eigenvalue weighted by Crippen LogP contribution is 2.24. The monoisotopic (exact) mass is 366 g/mol. The van der Waals surface area contributed by atoms with Gasteiger partial charge in [-0.3, -0.25) is 4.98 Å². The van der Waals surface area contributed by atoms with Crippen LogP contribution >= 0.6 is 11.3 Å². The molecule has 4 heterocycles. The molecule has 134 valence electrons. The molecule has 0 N–H and O–H groups in total. The van der Waals surface area contributed by atoms with Gasteiger partial charge in [0.05, 0.1) is 18.3 Å². The Hall–Kier alpha value is -2.54. The number of pyridine rings is 1. The standard InChI is InChI=1S/C19H22N6S/c1-4-7-25-16-10-14(13(2)3)22-11-15(16)23-17(25)12-24-8-5-20-18(24)19-21-6-9-26-19/h5-6,8-11,13H,4,7,12H2,1-3H3. The summed E-state index contributed by atoms with van der Waals surface area (Å²) in [5, 5.41) is 2.90. The smallest absolute Gasteiger partial charge is 0.169 e. The average Bonchev–Trinajstić information content (AvgIpc) is 3.35. The zero-order valence-electron chi connectivity index (χ0n) is 15.3. The summed E-state index contributed by atoms with van der Waals surface area (Å²) in [5.74, 6) is 2.31. The van der Waals surface area contributed by atoms with Gasteiger partial charge in [0.1, 0.15) is 11.3 Å². The predicted molar refractivity (Wildman–Crippen MR) is 104 cm³/mol. The SMILES string of the molecule is CCCn1c(Cn2ccnc2-c2nccs2)nc2cnc(C(C)C)cc21. The second-order valence-corrected chi connectivity index (χ2v) is 7.54. The molecule has 0 bridgehead atoms. The van der Waals surface area contributed by atoms with E-state index in [9.17, 15) is 0 Å². The molecule has 0 unspecified atom stereocenters. The van der Waals surface area contributed by atoms with Crippen LogP contribution in [0.15, 0.2) is 36.2 Å². The number of fused-ring (bicyclic) bond motifs is 1. The van der Waals surface area contributed by atoms with Crippen LogP contribution in [0.4, 0.5) is 0 Å². The lowest BCUT2D eigenvalue weighted by molar-refractivity contribution is 0.627. The third-order valence-electron chi connectivity index (χ3n) is 4.42. The fourth-order valence-electron chi connectivity index (χ4n) is 3.12. The first-order valence-electron chi connectivity index (χ1n) is 8.93. The molecule has 0 aliphatic rings. The van der Waals surface area contributed by atoms with E-state index in [1.807, 2.05) is 30.2 Å². The molecular formula is C19H22N6S. The first-order valence-corrected chi connectivity index (χ1v) is 9.81. The van der Waals surface area contributed by atoms with E-state index in [2.05, 4.69) is 50.9 Å². The van der Waals surface area contributed by atoms with Crippen LogP contribution in [0, 0.1) is 0 Å². The molecule has 0 amide bonds. The normalized spacial score (nSPS) is 11.7. The zero-order chi connectivity index (χ0) is 18.1. The van der Waals surface area contributed by atoms with Crippen molar-refractivity contribution in [2.45, 2.75) is 46.2 Å². The summed E-state index contributed by atoms with van der Waals surface area (Å²) in [6.45, 7) is 8.14. The molecule has 0 spiro atoms. The molecule has 0 fully saturated rings. The summed E-state index contributed by atoms with van der Waals surface area (Å²) >= 11 is 1.60.